The van der Waals surface area contributed by atoms with Gasteiger partial charge < -0.3 is 0 Å². The molecule has 0 spiro atoms. The molecule has 3 rings (SSSR count). The fourth-order valence-electron chi connectivity index (χ4n) is 1.92. The Morgan fingerprint density at radius 1 is 1.20 bits per heavy atom. The van der Waals surface area contributed by atoms with Crippen LogP contribution < -0.4 is 0 Å². The van der Waals surface area contributed by atoms with Gasteiger partial charge in [-0.05, 0) is 19.1 Å². The van der Waals surface area contributed by atoms with Gasteiger partial charge in [0.15, 0.2) is 5.65 Å². The van der Waals surface area contributed by atoms with E-state index in [1.165, 1.54) is 0 Å². The molecule has 0 radical (unpaired) electrons. The Bertz CT molecular complexity index is 734. The Labute approximate surface area is 121 Å². The number of hydrogen-bond acceptors (Lipinski definition) is 4. The quantitative estimate of drug-likeness (QED) is 0.417. The van der Waals surface area contributed by atoms with E-state index in [9.17, 15) is 0 Å². The fourth-order valence-corrected chi connectivity index (χ4v) is 2.79. The molecule has 0 saturated carbocycles. The summed E-state index contributed by atoms with van der Waals surface area (Å²) in [7, 11) is 0. The summed E-state index contributed by atoms with van der Waals surface area (Å²) >= 11 is 1.69. The lowest BCUT2D eigenvalue weighted by Crippen LogP contribution is -1.97. The van der Waals surface area contributed by atoms with Gasteiger partial charge in [0.2, 0.25) is 0 Å². The highest BCUT2D eigenvalue weighted by atomic mass is 32.2. The van der Waals surface area contributed by atoms with Crippen LogP contribution in [0.25, 0.3) is 16.7 Å². The Morgan fingerprint density at radius 2 is 2.05 bits per heavy atom. The molecule has 0 aliphatic heterocycles. The first-order valence-electron chi connectivity index (χ1n) is 6.38. The molecule has 0 aliphatic rings. The van der Waals surface area contributed by atoms with Crippen molar-refractivity contribution in [3.05, 3.63) is 55.0 Å². The number of fused-ring (bicyclic) bond motifs is 1. The number of allylic oxidation sites excluding steroid dienone is 1. The predicted octanol–water partition coefficient (Wildman–Crippen LogP) is 3.48. The number of benzene rings is 1. The average Bonchev–Trinajstić information content (AvgIpc) is 2.93. The Kier molecular flexibility index (Phi) is 3.78. The second-order valence-electron chi connectivity index (χ2n) is 4.19. The van der Waals surface area contributed by atoms with Crippen LogP contribution in [0.1, 0.15) is 6.92 Å². The molecule has 0 amide bonds. The first kappa shape index (κ1) is 12.9. The third-order valence-corrected chi connectivity index (χ3v) is 3.84. The molecule has 0 N–H and O–H groups in total. The van der Waals surface area contributed by atoms with E-state index in [1.54, 1.807) is 18.1 Å². The molecule has 2 aromatic heterocycles. The van der Waals surface area contributed by atoms with Crippen LogP contribution in [0.15, 0.2) is 60.0 Å². The van der Waals surface area contributed by atoms with Crippen molar-refractivity contribution >= 4 is 22.8 Å². The minimum Gasteiger partial charge on any atom is -0.229 e. The van der Waals surface area contributed by atoms with E-state index in [0.717, 1.165) is 27.5 Å². The maximum Gasteiger partial charge on any atom is 0.167 e. The Morgan fingerprint density at radius 3 is 2.85 bits per heavy atom. The van der Waals surface area contributed by atoms with Crippen LogP contribution in [0.2, 0.25) is 0 Å². The van der Waals surface area contributed by atoms with Crippen molar-refractivity contribution in [1.82, 2.24) is 19.7 Å². The summed E-state index contributed by atoms with van der Waals surface area (Å²) in [4.78, 5) is 8.71. The molecule has 3 aromatic rings. The average molecular weight is 282 g/mol. The topological polar surface area (TPSA) is 43.6 Å². The number of thioether (sulfide) groups is 1. The van der Waals surface area contributed by atoms with E-state index in [4.69, 9.17) is 0 Å². The van der Waals surface area contributed by atoms with Crippen molar-refractivity contribution in [3.8, 4) is 5.69 Å². The second kappa shape index (κ2) is 5.88. The van der Waals surface area contributed by atoms with Gasteiger partial charge in [-0.1, -0.05) is 30.4 Å². The summed E-state index contributed by atoms with van der Waals surface area (Å²) in [6, 6.07) is 10.0. The van der Waals surface area contributed by atoms with Gasteiger partial charge in [0.25, 0.3) is 0 Å². The lowest BCUT2D eigenvalue weighted by molar-refractivity contribution is 0.893. The third kappa shape index (κ3) is 2.44. The minimum absolute atomic E-state index is 0.842. The predicted molar refractivity (Wildman–Crippen MR) is 82.2 cm³/mol. The summed E-state index contributed by atoms with van der Waals surface area (Å²) in [6.45, 7) is 2.02. The summed E-state index contributed by atoms with van der Waals surface area (Å²) in [6.07, 6.45) is 7.58. The highest BCUT2D eigenvalue weighted by Gasteiger charge is 2.10. The zero-order valence-corrected chi connectivity index (χ0v) is 11.9. The number of para-hydroxylation sites is 1. The number of rotatable bonds is 4. The standard InChI is InChI=1S/C15H14N4S/c1-2-3-9-20-15-13-10-18-19(14(13)16-11-17-15)12-7-5-4-6-8-12/h2-8,10-11H,9H2,1H3/b3-2+. The molecule has 0 bridgehead atoms. The smallest absolute Gasteiger partial charge is 0.167 e. The van der Waals surface area contributed by atoms with Crippen molar-refractivity contribution in [1.29, 1.82) is 0 Å². The molecule has 20 heavy (non-hydrogen) atoms. The van der Waals surface area contributed by atoms with E-state index in [-0.39, 0.29) is 0 Å². The molecule has 100 valence electrons. The summed E-state index contributed by atoms with van der Waals surface area (Å²) in [5, 5.41) is 6.40. The van der Waals surface area contributed by atoms with E-state index in [0.29, 0.717) is 0 Å². The largest absolute Gasteiger partial charge is 0.229 e. The van der Waals surface area contributed by atoms with Gasteiger partial charge in [-0.25, -0.2) is 14.6 Å². The van der Waals surface area contributed by atoms with Crippen LogP contribution >= 0.6 is 11.8 Å². The van der Waals surface area contributed by atoms with Crippen molar-refractivity contribution in [2.24, 2.45) is 0 Å². The molecule has 0 atom stereocenters. The van der Waals surface area contributed by atoms with Crippen molar-refractivity contribution < 1.29 is 0 Å². The van der Waals surface area contributed by atoms with Crippen molar-refractivity contribution in [3.63, 3.8) is 0 Å². The molecule has 2 heterocycles. The van der Waals surface area contributed by atoms with Crippen LogP contribution in [0.3, 0.4) is 0 Å². The summed E-state index contributed by atoms with van der Waals surface area (Å²) < 4.78 is 1.84. The number of nitrogens with zero attached hydrogens (tertiary/aromatic N) is 4. The summed E-state index contributed by atoms with van der Waals surface area (Å²) in [5.41, 5.74) is 1.85. The Hall–Kier alpha value is -2.14. The molecule has 4 nitrogen and oxygen atoms in total. The van der Waals surface area contributed by atoms with Crippen molar-refractivity contribution in [2.45, 2.75) is 11.9 Å². The Balaban J connectivity index is 2.03. The first-order chi connectivity index (χ1) is 9.90. The lowest BCUT2D eigenvalue weighted by Gasteiger charge is -2.03. The van der Waals surface area contributed by atoms with Gasteiger partial charge in [0, 0.05) is 5.75 Å². The molecule has 1 aromatic carbocycles. The number of hydrogen-bond donors (Lipinski definition) is 0. The van der Waals surface area contributed by atoms with Crippen LogP contribution in [0, 0.1) is 0 Å². The van der Waals surface area contributed by atoms with Gasteiger partial charge in [0.1, 0.15) is 11.4 Å². The zero-order valence-electron chi connectivity index (χ0n) is 11.1. The van der Waals surface area contributed by atoms with E-state index < -0.39 is 0 Å². The zero-order chi connectivity index (χ0) is 13.8. The molecule has 0 saturated heterocycles. The highest BCUT2D eigenvalue weighted by Crippen LogP contribution is 2.25. The van der Waals surface area contributed by atoms with Gasteiger partial charge in [-0.3, -0.25) is 0 Å². The third-order valence-electron chi connectivity index (χ3n) is 2.88. The van der Waals surface area contributed by atoms with Crippen molar-refractivity contribution in [2.75, 3.05) is 5.75 Å². The number of aromatic nitrogens is 4. The van der Waals surface area contributed by atoms with Gasteiger partial charge in [0.05, 0.1) is 17.3 Å². The van der Waals surface area contributed by atoms with E-state index in [2.05, 4.69) is 21.1 Å². The maximum absolute atomic E-state index is 4.44. The first-order valence-corrected chi connectivity index (χ1v) is 7.37. The molecule has 0 fully saturated rings. The lowest BCUT2D eigenvalue weighted by atomic mass is 10.3. The SMILES string of the molecule is C/C=C/CSc1ncnc2c1cnn2-c1ccccc1. The fraction of sp³-hybridized carbons (Fsp3) is 0.133. The van der Waals surface area contributed by atoms with Crippen LogP contribution in [0.5, 0.6) is 0 Å². The van der Waals surface area contributed by atoms with Crippen LogP contribution in [0.4, 0.5) is 0 Å². The van der Waals surface area contributed by atoms with Gasteiger partial charge in [-0.15, -0.1) is 11.8 Å². The molecule has 5 heteroatoms. The van der Waals surface area contributed by atoms with Gasteiger partial charge in [-0.2, -0.15) is 5.10 Å². The molecular formula is C15H14N4S. The van der Waals surface area contributed by atoms with E-state index in [1.807, 2.05) is 54.2 Å². The minimum atomic E-state index is 0.842. The molecule has 0 unspecified atom stereocenters. The monoisotopic (exact) mass is 282 g/mol. The normalized spacial score (nSPS) is 11.4. The molecular weight excluding hydrogens is 268 g/mol. The maximum atomic E-state index is 4.44. The summed E-state index contributed by atoms with van der Waals surface area (Å²) in [5.74, 6) is 0.902. The molecule has 0 aliphatic carbocycles. The van der Waals surface area contributed by atoms with Crippen LogP contribution in [-0.4, -0.2) is 25.5 Å². The van der Waals surface area contributed by atoms with Gasteiger partial charge >= 0.3 is 0 Å². The van der Waals surface area contributed by atoms with Crippen LogP contribution in [-0.2, 0) is 0 Å². The second-order valence-corrected chi connectivity index (χ2v) is 5.20. The highest BCUT2D eigenvalue weighted by molar-refractivity contribution is 7.99. The van der Waals surface area contributed by atoms with E-state index >= 15 is 0 Å².